The predicted molar refractivity (Wildman–Crippen MR) is 75.4 cm³/mol. The van der Waals surface area contributed by atoms with Crippen LogP contribution in [0.1, 0.15) is 41.1 Å². The molecule has 0 bridgehead atoms. The van der Waals surface area contributed by atoms with Crippen LogP contribution in [0.4, 0.5) is 0 Å². The van der Waals surface area contributed by atoms with Gasteiger partial charge in [0.25, 0.3) is 0 Å². The molecule has 19 heavy (non-hydrogen) atoms. The largest absolute Gasteiger partial charge is 0.478 e. The van der Waals surface area contributed by atoms with Gasteiger partial charge in [-0.25, -0.2) is 4.79 Å². The van der Waals surface area contributed by atoms with Gasteiger partial charge < -0.3 is 5.11 Å². The van der Waals surface area contributed by atoms with Crippen LogP contribution in [-0.4, -0.2) is 11.1 Å². The highest BCUT2D eigenvalue weighted by Crippen LogP contribution is 2.41. The van der Waals surface area contributed by atoms with Crippen molar-refractivity contribution in [3.63, 3.8) is 0 Å². The van der Waals surface area contributed by atoms with E-state index in [9.17, 15) is 9.90 Å². The van der Waals surface area contributed by atoms with Crippen LogP contribution >= 0.6 is 0 Å². The number of carboxylic acids is 1. The van der Waals surface area contributed by atoms with Crippen molar-refractivity contribution in [1.29, 1.82) is 0 Å². The molecule has 1 fully saturated rings. The fraction of sp³-hybridized carbons (Fsp3) is 0.235. The lowest BCUT2D eigenvalue weighted by Gasteiger charge is -2.28. The molecule has 0 atom stereocenters. The number of carbonyl (C=O) groups is 1. The van der Waals surface area contributed by atoms with Gasteiger partial charge in [0.2, 0.25) is 0 Å². The van der Waals surface area contributed by atoms with Crippen molar-refractivity contribution in [2.75, 3.05) is 0 Å². The van der Waals surface area contributed by atoms with E-state index in [0.717, 1.165) is 11.1 Å². The van der Waals surface area contributed by atoms with Crippen molar-refractivity contribution < 1.29 is 9.90 Å². The van der Waals surface area contributed by atoms with Crippen LogP contribution in [0.15, 0.2) is 48.5 Å². The average Bonchev–Trinajstić information content (AvgIpc) is 2.37. The molecule has 0 aromatic heterocycles. The molecule has 1 aliphatic rings. The van der Waals surface area contributed by atoms with E-state index in [0.29, 0.717) is 11.5 Å². The third-order valence-corrected chi connectivity index (χ3v) is 3.95. The van der Waals surface area contributed by atoms with E-state index in [1.165, 1.54) is 24.8 Å². The number of benzene rings is 2. The summed E-state index contributed by atoms with van der Waals surface area (Å²) in [6, 6.07) is 15.5. The molecule has 1 N–H and O–H groups in total. The van der Waals surface area contributed by atoms with Gasteiger partial charge in [-0.05, 0) is 41.5 Å². The summed E-state index contributed by atoms with van der Waals surface area (Å²) in [6.45, 7) is 0. The Morgan fingerprint density at radius 2 is 1.58 bits per heavy atom. The van der Waals surface area contributed by atoms with Crippen molar-refractivity contribution in [1.82, 2.24) is 0 Å². The molecule has 0 saturated heterocycles. The molecular formula is C17H16O2. The van der Waals surface area contributed by atoms with Crippen molar-refractivity contribution in [2.24, 2.45) is 0 Å². The highest BCUT2D eigenvalue weighted by molar-refractivity contribution is 5.96. The molecule has 0 unspecified atom stereocenters. The fourth-order valence-corrected chi connectivity index (χ4v) is 2.72. The summed E-state index contributed by atoms with van der Waals surface area (Å²) in [6.07, 6.45) is 3.71. The van der Waals surface area contributed by atoms with Crippen LogP contribution in [0.5, 0.6) is 0 Å². The summed E-state index contributed by atoms with van der Waals surface area (Å²) in [5.41, 5.74) is 3.58. The quantitative estimate of drug-likeness (QED) is 0.883. The average molecular weight is 252 g/mol. The number of hydrogen-bond donors (Lipinski definition) is 1. The smallest absolute Gasteiger partial charge is 0.336 e. The summed E-state index contributed by atoms with van der Waals surface area (Å²) in [5, 5.41) is 9.33. The molecule has 2 nitrogen and oxygen atoms in total. The van der Waals surface area contributed by atoms with E-state index in [-0.39, 0.29) is 0 Å². The van der Waals surface area contributed by atoms with E-state index in [1.807, 2.05) is 30.3 Å². The molecule has 2 heteroatoms. The number of carboxylic acid groups (broad SMARTS) is 1. The van der Waals surface area contributed by atoms with Crippen molar-refractivity contribution in [3.8, 4) is 11.1 Å². The van der Waals surface area contributed by atoms with E-state index in [2.05, 4.69) is 6.07 Å². The Hall–Kier alpha value is -2.09. The molecule has 0 radical (unpaired) electrons. The summed E-state index contributed by atoms with van der Waals surface area (Å²) in [7, 11) is 0. The normalized spacial score (nSPS) is 14.9. The fourth-order valence-electron chi connectivity index (χ4n) is 2.72. The topological polar surface area (TPSA) is 37.3 Å². The molecule has 3 rings (SSSR count). The van der Waals surface area contributed by atoms with E-state index < -0.39 is 5.97 Å². The zero-order valence-corrected chi connectivity index (χ0v) is 10.7. The van der Waals surface area contributed by atoms with Crippen molar-refractivity contribution in [3.05, 3.63) is 59.7 Å². The summed E-state index contributed by atoms with van der Waals surface area (Å²) in [5.74, 6) is -0.267. The Bertz CT molecular complexity index is 612. The van der Waals surface area contributed by atoms with E-state index >= 15 is 0 Å². The first kappa shape index (κ1) is 12.0. The van der Waals surface area contributed by atoms with Crippen molar-refractivity contribution >= 4 is 5.97 Å². The van der Waals surface area contributed by atoms with Gasteiger partial charge in [0, 0.05) is 0 Å². The summed E-state index contributed by atoms with van der Waals surface area (Å²) < 4.78 is 0. The van der Waals surface area contributed by atoms with Gasteiger partial charge in [0.05, 0.1) is 5.56 Å². The molecule has 0 spiro atoms. The minimum atomic E-state index is -0.862. The van der Waals surface area contributed by atoms with Crippen LogP contribution in [0.25, 0.3) is 11.1 Å². The van der Waals surface area contributed by atoms with Crippen LogP contribution in [0, 0.1) is 0 Å². The highest BCUT2D eigenvalue weighted by Gasteiger charge is 2.23. The number of rotatable bonds is 3. The maximum Gasteiger partial charge on any atom is 0.336 e. The number of hydrogen-bond acceptors (Lipinski definition) is 1. The van der Waals surface area contributed by atoms with Crippen LogP contribution < -0.4 is 0 Å². The molecule has 1 aliphatic carbocycles. The van der Waals surface area contributed by atoms with Crippen LogP contribution in [0.3, 0.4) is 0 Å². The second-order valence-corrected chi connectivity index (χ2v) is 5.07. The molecule has 96 valence electrons. The maximum absolute atomic E-state index is 11.4. The van der Waals surface area contributed by atoms with Gasteiger partial charge in [-0.2, -0.15) is 0 Å². The second kappa shape index (κ2) is 4.88. The SMILES string of the molecule is O=C(O)c1ccccc1-c1ccccc1C1CCC1. The molecule has 0 aliphatic heterocycles. The molecule has 0 heterocycles. The standard InChI is InChI=1S/C17H16O2/c18-17(19)16-11-4-3-10-15(16)14-9-2-1-8-13(14)12-6-5-7-12/h1-4,8-12H,5-7H2,(H,18,19). The minimum Gasteiger partial charge on any atom is -0.478 e. The molecule has 2 aromatic rings. The van der Waals surface area contributed by atoms with E-state index in [4.69, 9.17) is 0 Å². The zero-order chi connectivity index (χ0) is 13.2. The Morgan fingerprint density at radius 1 is 0.947 bits per heavy atom. The molecule has 0 amide bonds. The van der Waals surface area contributed by atoms with Gasteiger partial charge in [-0.1, -0.05) is 48.9 Å². The zero-order valence-electron chi connectivity index (χ0n) is 10.7. The first-order valence-corrected chi connectivity index (χ1v) is 6.69. The summed E-state index contributed by atoms with van der Waals surface area (Å²) in [4.78, 5) is 11.4. The Labute approximate surface area is 112 Å². The third kappa shape index (κ3) is 2.14. The third-order valence-electron chi connectivity index (χ3n) is 3.95. The molecular weight excluding hydrogens is 236 g/mol. The Balaban J connectivity index is 2.14. The maximum atomic E-state index is 11.4. The molecule has 2 aromatic carbocycles. The van der Waals surface area contributed by atoms with Gasteiger partial charge in [-0.3, -0.25) is 0 Å². The minimum absolute atomic E-state index is 0.384. The second-order valence-electron chi connectivity index (χ2n) is 5.07. The molecule has 1 saturated carbocycles. The van der Waals surface area contributed by atoms with Crippen LogP contribution in [-0.2, 0) is 0 Å². The monoisotopic (exact) mass is 252 g/mol. The first-order chi connectivity index (χ1) is 9.27. The van der Waals surface area contributed by atoms with Gasteiger partial charge in [-0.15, -0.1) is 0 Å². The lowest BCUT2D eigenvalue weighted by molar-refractivity contribution is 0.0697. The van der Waals surface area contributed by atoms with Gasteiger partial charge in [0.15, 0.2) is 0 Å². The Kier molecular flexibility index (Phi) is 3.08. The van der Waals surface area contributed by atoms with Crippen LogP contribution in [0.2, 0.25) is 0 Å². The number of aromatic carboxylic acids is 1. The lowest BCUT2D eigenvalue weighted by atomic mass is 9.77. The first-order valence-electron chi connectivity index (χ1n) is 6.69. The highest BCUT2D eigenvalue weighted by atomic mass is 16.4. The van der Waals surface area contributed by atoms with Gasteiger partial charge >= 0.3 is 5.97 Å². The summed E-state index contributed by atoms with van der Waals surface area (Å²) >= 11 is 0. The van der Waals surface area contributed by atoms with E-state index in [1.54, 1.807) is 12.1 Å². The van der Waals surface area contributed by atoms with Gasteiger partial charge in [0.1, 0.15) is 0 Å². The lowest BCUT2D eigenvalue weighted by Crippen LogP contribution is -2.10. The Morgan fingerprint density at radius 3 is 2.21 bits per heavy atom. The van der Waals surface area contributed by atoms with Crippen molar-refractivity contribution in [2.45, 2.75) is 25.2 Å². The predicted octanol–water partition coefficient (Wildman–Crippen LogP) is 4.32.